The van der Waals surface area contributed by atoms with Gasteiger partial charge in [0, 0.05) is 48.9 Å². The average molecular weight is 435 g/mol. The molecule has 1 atom stereocenters. The lowest BCUT2D eigenvalue weighted by Gasteiger charge is -2.28. The second-order valence-electron chi connectivity index (χ2n) is 8.32. The summed E-state index contributed by atoms with van der Waals surface area (Å²) in [7, 11) is 0. The molecule has 1 aromatic carbocycles. The number of amides is 1. The Morgan fingerprint density at radius 3 is 2.71 bits per heavy atom. The molecule has 31 heavy (non-hydrogen) atoms. The van der Waals surface area contributed by atoms with Crippen LogP contribution in [0.4, 0.5) is 0 Å². The van der Waals surface area contributed by atoms with Crippen molar-refractivity contribution < 1.29 is 4.79 Å². The number of carbonyl (C=O) groups is 1. The third-order valence-corrected chi connectivity index (χ3v) is 6.93. The number of likely N-dealkylation sites (tertiary alicyclic amines) is 1. The molecule has 5 nitrogen and oxygen atoms in total. The van der Waals surface area contributed by atoms with E-state index >= 15 is 0 Å². The number of nitrogens with zero attached hydrogens (tertiary/aromatic N) is 3. The highest BCUT2D eigenvalue weighted by molar-refractivity contribution is 7.13. The lowest BCUT2D eigenvalue weighted by atomic mass is 9.79. The number of aryl methyl sites for hydroxylation is 1. The van der Waals surface area contributed by atoms with Crippen LogP contribution in [0.5, 0.6) is 0 Å². The molecule has 1 amide bonds. The van der Waals surface area contributed by atoms with E-state index in [0.717, 1.165) is 50.3 Å². The number of hydrogen-bond acceptors (Lipinski definition) is 5. The first-order chi connectivity index (χ1) is 15.1. The van der Waals surface area contributed by atoms with Crippen molar-refractivity contribution in [2.75, 3.05) is 19.6 Å². The van der Waals surface area contributed by atoms with E-state index in [1.165, 1.54) is 16.0 Å². The van der Waals surface area contributed by atoms with Crippen molar-refractivity contribution in [3.63, 3.8) is 0 Å². The van der Waals surface area contributed by atoms with Crippen LogP contribution in [0.3, 0.4) is 0 Å². The van der Waals surface area contributed by atoms with E-state index in [2.05, 4.69) is 68.9 Å². The number of nitrogens with one attached hydrogen (secondary N) is 1. The van der Waals surface area contributed by atoms with E-state index in [0.29, 0.717) is 6.54 Å². The minimum absolute atomic E-state index is 0.164. The normalized spacial score (nSPS) is 18.9. The van der Waals surface area contributed by atoms with Crippen LogP contribution in [0.15, 0.2) is 54.2 Å². The predicted molar refractivity (Wildman–Crippen MR) is 126 cm³/mol. The molecule has 0 unspecified atom stereocenters. The zero-order chi connectivity index (χ0) is 21.7. The van der Waals surface area contributed by atoms with Crippen molar-refractivity contribution in [2.24, 2.45) is 5.41 Å². The third-order valence-electron chi connectivity index (χ3n) is 6.01. The van der Waals surface area contributed by atoms with Gasteiger partial charge >= 0.3 is 0 Å². The van der Waals surface area contributed by atoms with Gasteiger partial charge in [-0.1, -0.05) is 37.3 Å². The molecule has 4 rings (SSSR count). The summed E-state index contributed by atoms with van der Waals surface area (Å²) in [6.45, 7) is 7.13. The molecule has 0 aliphatic carbocycles. The zero-order valence-corrected chi connectivity index (χ0v) is 19.1. The Kier molecular flexibility index (Phi) is 6.78. The summed E-state index contributed by atoms with van der Waals surface area (Å²) >= 11 is 1.75. The monoisotopic (exact) mass is 434 g/mol. The van der Waals surface area contributed by atoms with Crippen LogP contribution in [0.2, 0.25) is 0 Å². The molecular weight excluding hydrogens is 404 g/mol. The number of hydrogen-bond donors (Lipinski definition) is 1. The molecule has 0 saturated carbocycles. The minimum atomic E-state index is -0.408. The first-order valence-corrected chi connectivity index (χ1v) is 11.9. The highest BCUT2D eigenvalue weighted by Gasteiger charge is 2.44. The van der Waals surface area contributed by atoms with E-state index < -0.39 is 5.41 Å². The van der Waals surface area contributed by atoms with Crippen LogP contribution < -0.4 is 5.32 Å². The van der Waals surface area contributed by atoms with E-state index in [1.807, 2.05) is 19.3 Å². The van der Waals surface area contributed by atoms with Crippen molar-refractivity contribution in [3.8, 4) is 10.4 Å². The number of carbonyl (C=O) groups excluding carboxylic acids is 1. The van der Waals surface area contributed by atoms with Crippen LogP contribution >= 0.6 is 11.3 Å². The summed E-state index contributed by atoms with van der Waals surface area (Å²) in [6.07, 6.45) is 6.29. The van der Waals surface area contributed by atoms with E-state index in [9.17, 15) is 4.79 Å². The first-order valence-electron chi connectivity index (χ1n) is 11.0. The van der Waals surface area contributed by atoms with Crippen molar-refractivity contribution in [3.05, 3.63) is 71.1 Å². The van der Waals surface area contributed by atoms with Crippen molar-refractivity contribution in [1.29, 1.82) is 0 Å². The highest BCUT2D eigenvalue weighted by atomic mass is 32.1. The van der Waals surface area contributed by atoms with Gasteiger partial charge in [-0.15, -0.1) is 11.3 Å². The van der Waals surface area contributed by atoms with Crippen molar-refractivity contribution in [1.82, 2.24) is 20.2 Å². The summed E-state index contributed by atoms with van der Waals surface area (Å²) in [4.78, 5) is 25.7. The maximum atomic E-state index is 13.2. The Morgan fingerprint density at radius 2 is 2.00 bits per heavy atom. The van der Waals surface area contributed by atoms with Crippen LogP contribution in [-0.4, -0.2) is 40.4 Å². The molecule has 3 aromatic rings. The molecule has 1 N–H and O–H groups in total. The Hall–Kier alpha value is -2.57. The van der Waals surface area contributed by atoms with Gasteiger partial charge in [0.1, 0.15) is 5.82 Å². The molecule has 6 heteroatoms. The lowest BCUT2D eigenvalue weighted by molar-refractivity contribution is -0.130. The fourth-order valence-electron chi connectivity index (χ4n) is 4.42. The summed E-state index contributed by atoms with van der Waals surface area (Å²) < 4.78 is 0. The van der Waals surface area contributed by atoms with Gasteiger partial charge in [-0.2, -0.15) is 0 Å². The molecule has 1 saturated heterocycles. The summed E-state index contributed by atoms with van der Waals surface area (Å²) in [5.74, 6) is 1.03. The van der Waals surface area contributed by atoms with Gasteiger partial charge in [-0.3, -0.25) is 9.69 Å². The van der Waals surface area contributed by atoms with Gasteiger partial charge in [0.25, 0.3) is 0 Å². The van der Waals surface area contributed by atoms with Gasteiger partial charge in [-0.25, -0.2) is 9.97 Å². The Labute approximate surface area is 188 Å². The fourth-order valence-corrected chi connectivity index (χ4v) is 5.15. The second-order valence-corrected chi connectivity index (χ2v) is 9.26. The van der Waals surface area contributed by atoms with Crippen LogP contribution in [0.1, 0.15) is 37.2 Å². The second kappa shape index (κ2) is 9.71. The first kappa shape index (κ1) is 21.7. The van der Waals surface area contributed by atoms with Crippen molar-refractivity contribution in [2.45, 2.75) is 39.7 Å². The average Bonchev–Trinajstić information content (AvgIpc) is 3.46. The van der Waals surface area contributed by atoms with Gasteiger partial charge in [-0.05, 0) is 48.9 Å². The molecule has 0 radical (unpaired) electrons. The predicted octanol–water partition coefficient (Wildman–Crippen LogP) is 4.34. The number of thiophene rings is 1. The van der Waals surface area contributed by atoms with E-state index in [4.69, 9.17) is 0 Å². The smallest absolute Gasteiger partial charge is 0.227 e. The van der Waals surface area contributed by atoms with Gasteiger partial charge in [0.05, 0.1) is 5.41 Å². The molecule has 0 bridgehead atoms. The molecule has 162 valence electrons. The number of rotatable bonds is 8. The lowest BCUT2D eigenvalue weighted by Crippen LogP contribution is -2.44. The summed E-state index contributed by atoms with van der Waals surface area (Å²) in [5.41, 5.74) is 3.13. The molecular formula is C25H30N4OS. The quantitative estimate of drug-likeness (QED) is 0.573. The SMILES string of the molecule is CCNC(=O)[C@@]1(Cc2cccc(-c3cccs3)c2)CCN(Cc2cnc(CC)nc2)C1. The van der Waals surface area contributed by atoms with Crippen LogP contribution in [0, 0.1) is 5.41 Å². The maximum absolute atomic E-state index is 13.2. The Balaban J connectivity index is 1.52. The Bertz CT molecular complexity index is 1000. The molecule has 2 aromatic heterocycles. The van der Waals surface area contributed by atoms with E-state index in [-0.39, 0.29) is 5.91 Å². The van der Waals surface area contributed by atoms with Crippen LogP contribution in [-0.2, 0) is 24.2 Å². The summed E-state index contributed by atoms with van der Waals surface area (Å²) in [6, 6.07) is 12.9. The van der Waals surface area contributed by atoms with E-state index in [1.54, 1.807) is 11.3 Å². The standard InChI is InChI=1S/C25H30N4OS/c1-3-23-27-15-20(16-28-23)17-29-11-10-25(18-29,24(30)26-4-2)14-19-7-5-8-21(13-19)22-9-6-12-31-22/h5-9,12-13,15-16H,3-4,10-11,14,17-18H2,1-2H3,(H,26,30)/t25-/m1/s1. The fraction of sp³-hybridized carbons (Fsp3) is 0.400. The number of aromatic nitrogens is 2. The van der Waals surface area contributed by atoms with Gasteiger partial charge in [0.15, 0.2) is 0 Å². The largest absolute Gasteiger partial charge is 0.356 e. The maximum Gasteiger partial charge on any atom is 0.227 e. The Morgan fingerprint density at radius 1 is 1.16 bits per heavy atom. The molecule has 3 heterocycles. The van der Waals surface area contributed by atoms with Crippen molar-refractivity contribution >= 4 is 17.2 Å². The molecule has 1 aliphatic heterocycles. The molecule has 1 aliphatic rings. The third kappa shape index (κ3) is 5.02. The number of benzene rings is 1. The minimum Gasteiger partial charge on any atom is -0.356 e. The van der Waals surface area contributed by atoms with Gasteiger partial charge in [0.2, 0.25) is 5.91 Å². The molecule has 0 spiro atoms. The van der Waals surface area contributed by atoms with Crippen LogP contribution in [0.25, 0.3) is 10.4 Å². The molecule has 1 fully saturated rings. The summed E-state index contributed by atoms with van der Waals surface area (Å²) in [5, 5.41) is 5.20. The zero-order valence-electron chi connectivity index (χ0n) is 18.3. The topological polar surface area (TPSA) is 58.1 Å². The highest BCUT2D eigenvalue weighted by Crippen LogP contribution is 2.36. The van der Waals surface area contributed by atoms with Gasteiger partial charge < -0.3 is 5.32 Å².